The lowest BCUT2D eigenvalue weighted by atomic mass is 9.96. The van der Waals surface area contributed by atoms with Crippen molar-refractivity contribution >= 4 is 17.3 Å². The molecular formula is C19H24N8. The standard InChI is InChI=1S/C19H24N8/c1-25(2)17-6-5-16-22-23-19(27(16)24-17)14-7-9-26(10-8-14)18-11-15(13-3-4-13)20-12-21-18/h5-6,11-14H,3-4,7-10H2,1-2H3. The molecule has 0 radical (unpaired) electrons. The van der Waals surface area contributed by atoms with Crippen LogP contribution < -0.4 is 9.80 Å². The SMILES string of the molecule is CN(C)c1ccc2nnc(C3CCN(c4cc(C5CC5)ncn4)CC3)n2n1. The molecule has 8 nitrogen and oxygen atoms in total. The first-order valence-corrected chi connectivity index (χ1v) is 9.65. The number of nitrogens with zero attached hydrogens (tertiary/aromatic N) is 8. The Balaban J connectivity index is 1.34. The van der Waals surface area contributed by atoms with E-state index in [0.717, 1.165) is 49.0 Å². The number of piperidine rings is 1. The molecule has 1 aliphatic carbocycles. The fourth-order valence-corrected chi connectivity index (χ4v) is 3.79. The van der Waals surface area contributed by atoms with Crippen molar-refractivity contribution in [3.05, 3.63) is 36.0 Å². The summed E-state index contributed by atoms with van der Waals surface area (Å²) in [6.07, 6.45) is 6.30. The highest BCUT2D eigenvalue weighted by atomic mass is 15.4. The molecule has 5 rings (SSSR count). The third-order valence-corrected chi connectivity index (χ3v) is 5.58. The van der Waals surface area contributed by atoms with Crippen LogP contribution in [0.5, 0.6) is 0 Å². The quantitative estimate of drug-likeness (QED) is 0.703. The third-order valence-electron chi connectivity index (χ3n) is 5.58. The number of rotatable bonds is 4. The minimum absolute atomic E-state index is 0.367. The molecule has 0 bridgehead atoms. The van der Waals surface area contributed by atoms with Gasteiger partial charge in [-0.1, -0.05) is 0 Å². The van der Waals surface area contributed by atoms with Crippen LogP contribution in [0.1, 0.15) is 49.0 Å². The van der Waals surface area contributed by atoms with Gasteiger partial charge in [0.25, 0.3) is 0 Å². The zero-order chi connectivity index (χ0) is 18.4. The average molecular weight is 364 g/mol. The van der Waals surface area contributed by atoms with E-state index in [4.69, 9.17) is 5.10 Å². The van der Waals surface area contributed by atoms with E-state index >= 15 is 0 Å². The van der Waals surface area contributed by atoms with Crippen molar-refractivity contribution in [3.8, 4) is 0 Å². The van der Waals surface area contributed by atoms with Crippen molar-refractivity contribution < 1.29 is 0 Å². The summed E-state index contributed by atoms with van der Waals surface area (Å²) in [6.45, 7) is 1.93. The van der Waals surface area contributed by atoms with Crippen LogP contribution in [0.25, 0.3) is 5.65 Å². The first-order valence-electron chi connectivity index (χ1n) is 9.65. The summed E-state index contributed by atoms with van der Waals surface area (Å²) in [4.78, 5) is 13.3. The fraction of sp³-hybridized carbons (Fsp3) is 0.526. The van der Waals surface area contributed by atoms with Gasteiger partial charge in [-0.2, -0.15) is 4.52 Å². The maximum absolute atomic E-state index is 4.71. The Hall–Kier alpha value is -2.77. The third kappa shape index (κ3) is 3.09. The number of aromatic nitrogens is 6. The molecule has 0 atom stereocenters. The molecule has 1 saturated heterocycles. The fourth-order valence-electron chi connectivity index (χ4n) is 3.79. The lowest BCUT2D eigenvalue weighted by molar-refractivity contribution is 0.475. The van der Waals surface area contributed by atoms with Gasteiger partial charge >= 0.3 is 0 Å². The first-order chi connectivity index (χ1) is 13.2. The second kappa shape index (κ2) is 6.44. The highest BCUT2D eigenvalue weighted by molar-refractivity contribution is 5.45. The smallest absolute Gasteiger partial charge is 0.178 e. The molecule has 27 heavy (non-hydrogen) atoms. The first kappa shape index (κ1) is 16.4. The lowest BCUT2D eigenvalue weighted by Crippen LogP contribution is -2.34. The van der Waals surface area contributed by atoms with Gasteiger partial charge in [0.1, 0.15) is 18.0 Å². The molecule has 2 fully saturated rings. The van der Waals surface area contributed by atoms with Gasteiger partial charge in [-0.25, -0.2) is 9.97 Å². The Labute approximate surface area is 158 Å². The molecule has 2 aliphatic rings. The average Bonchev–Trinajstić information content (AvgIpc) is 3.47. The van der Waals surface area contributed by atoms with Gasteiger partial charge in [0.2, 0.25) is 0 Å². The summed E-state index contributed by atoms with van der Waals surface area (Å²) in [6, 6.07) is 6.13. The predicted octanol–water partition coefficient (Wildman–Crippen LogP) is 2.24. The molecular weight excluding hydrogens is 340 g/mol. The molecule has 8 heteroatoms. The minimum atomic E-state index is 0.367. The van der Waals surface area contributed by atoms with E-state index in [1.807, 2.05) is 35.6 Å². The largest absolute Gasteiger partial charge is 0.361 e. The van der Waals surface area contributed by atoms with Crippen LogP contribution in [0.4, 0.5) is 11.6 Å². The monoisotopic (exact) mass is 364 g/mol. The predicted molar refractivity (Wildman–Crippen MR) is 103 cm³/mol. The molecule has 0 spiro atoms. The molecule has 3 aromatic rings. The van der Waals surface area contributed by atoms with E-state index in [2.05, 4.69) is 31.1 Å². The topological polar surface area (TPSA) is 75.3 Å². The van der Waals surface area contributed by atoms with Gasteiger partial charge in [-0.3, -0.25) is 0 Å². The Morgan fingerprint density at radius 1 is 0.963 bits per heavy atom. The number of hydrogen-bond acceptors (Lipinski definition) is 7. The van der Waals surface area contributed by atoms with Crippen LogP contribution in [-0.4, -0.2) is 57.0 Å². The van der Waals surface area contributed by atoms with Crippen LogP contribution in [0.15, 0.2) is 24.5 Å². The molecule has 1 aliphatic heterocycles. The van der Waals surface area contributed by atoms with Crippen molar-refractivity contribution in [1.82, 2.24) is 29.8 Å². The van der Waals surface area contributed by atoms with Crippen LogP contribution in [0, 0.1) is 0 Å². The summed E-state index contributed by atoms with van der Waals surface area (Å²) in [7, 11) is 3.99. The van der Waals surface area contributed by atoms with Crippen molar-refractivity contribution in [2.75, 3.05) is 37.0 Å². The van der Waals surface area contributed by atoms with Crippen molar-refractivity contribution in [1.29, 1.82) is 0 Å². The zero-order valence-electron chi connectivity index (χ0n) is 15.8. The second-order valence-corrected chi connectivity index (χ2v) is 7.75. The van der Waals surface area contributed by atoms with Gasteiger partial charge in [0.15, 0.2) is 11.5 Å². The Morgan fingerprint density at radius 3 is 2.52 bits per heavy atom. The van der Waals surface area contributed by atoms with Gasteiger partial charge < -0.3 is 9.80 Å². The van der Waals surface area contributed by atoms with E-state index in [0.29, 0.717) is 11.8 Å². The molecule has 1 saturated carbocycles. The molecule has 0 unspecified atom stereocenters. The highest BCUT2D eigenvalue weighted by Crippen LogP contribution is 2.39. The Morgan fingerprint density at radius 2 is 1.78 bits per heavy atom. The maximum atomic E-state index is 4.71. The summed E-state index contributed by atoms with van der Waals surface area (Å²) in [5.74, 6) is 3.96. The van der Waals surface area contributed by atoms with E-state index in [-0.39, 0.29) is 0 Å². The van der Waals surface area contributed by atoms with E-state index in [9.17, 15) is 0 Å². The van der Waals surface area contributed by atoms with Crippen molar-refractivity contribution in [2.24, 2.45) is 0 Å². The van der Waals surface area contributed by atoms with Crippen molar-refractivity contribution in [3.63, 3.8) is 0 Å². The Bertz CT molecular complexity index is 953. The highest BCUT2D eigenvalue weighted by Gasteiger charge is 2.28. The van der Waals surface area contributed by atoms with Crippen LogP contribution in [0.3, 0.4) is 0 Å². The summed E-state index contributed by atoms with van der Waals surface area (Å²) >= 11 is 0. The van der Waals surface area contributed by atoms with Crippen LogP contribution >= 0.6 is 0 Å². The summed E-state index contributed by atoms with van der Waals surface area (Å²) in [5, 5.41) is 13.5. The van der Waals surface area contributed by atoms with Crippen LogP contribution in [0.2, 0.25) is 0 Å². The van der Waals surface area contributed by atoms with Gasteiger partial charge in [0.05, 0.1) is 0 Å². The van der Waals surface area contributed by atoms with E-state index in [1.54, 1.807) is 6.33 Å². The Kier molecular flexibility index (Phi) is 3.91. The van der Waals surface area contributed by atoms with Crippen molar-refractivity contribution in [2.45, 2.75) is 37.5 Å². The maximum Gasteiger partial charge on any atom is 0.178 e. The number of anilines is 2. The van der Waals surface area contributed by atoms with Gasteiger partial charge in [-0.15, -0.1) is 15.3 Å². The van der Waals surface area contributed by atoms with E-state index < -0.39 is 0 Å². The second-order valence-electron chi connectivity index (χ2n) is 7.75. The molecule has 4 heterocycles. The minimum Gasteiger partial charge on any atom is -0.361 e. The lowest BCUT2D eigenvalue weighted by Gasteiger charge is -2.32. The zero-order valence-corrected chi connectivity index (χ0v) is 15.8. The van der Waals surface area contributed by atoms with Gasteiger partial charge in [0, 0.05) is 50.8 Å². The van der Waals surface area contributed by atoms with Gasteiger partial charge in [-0.05, 0) is 37.8 Å². The molecule has 0 N–H and O–H groups in total. The molecule has 140 valence electrons. The summed E-state index contributed by atoms with van der Waals surface area (Å²) < 4.78 is 1.91. The normalized spacial score (nSPS) is 18.2. The van der Waals surface area contributed by atoms with Crippen LogP contribution in [-0.2, 0) is 0 Å². The molecule has 3 aromatic heterocycles. The molecule has 0 aromatic carbocycles. The number of fused-ring (bicyclic) bond motifs is 1. The molecule has 0 amide bonds. The van der Waals surface area contributed by atoms with E-state index in [1.165, 1.54) is 18.5 Å². The summed E-state index contributed by atoms with van der Waals surface area (Å²) in [5.41, 5.74) is 2.01. The number of hydrogen-bond donors (Lipinski definition) is 0.